The lowest BCUT2D eigenvalue weighted by Crippen LogP contribution is -2.49. The fourth-order valence-electron chi connectivity index (χ4n) is 5.33. The standard InChI is InChI=1S/C17H27N3O/c1-16(2,3)13(18)14-19-15(20-21-14)17-7-10-4-11(8-17)6-12(5-10)9-17/h10-13H,4-9,18H2,1-3H3/t10?,11?,12?,13-,17?/m0/s1. The fraction of sp³-hybridized carbons (Fsp3) is 0.882. The van der Waals surface area contributed by atoms with E-state index in [2.05, 4.69) is 25.9 Å². The average molecular weight is 289 g/mol. The van der Waals surface area contributed by atoms with Crippen LogP contribution >= 0.6 is 0 Å². The van der Waals surface area contributed by atoms with Crippen molar-refractivity contribution in [3.05, 3.63) is 11.7 Å². The molecule has 0 saturated heterocycles. The molecule has 0 aromatic carbocycles. The van der Waals surface area contributed by atoms with Gasteiger partial charge in [0, 0.05) is 5.41 Å². The Balaban J connectivity index is 1.64. The van der Waals surface area contributed by atoms with Crippen LogP contribution in [0.25, 0.3) is 0 Å². The molecule has 2 N–H and O–H groups in total. The maximum Gasteiger partial charge on any atom is 0.244 e. The van der Waals surface area contributed by atoms with E-state index in [9.17, 15) is 0 Å². The van der Waals surface area contributed by atoms with E-state index < -0.39 is 0 Å². The van der Waals surface area contributed by atoms with Gasteiger partial charge >= 0.3 is 0 Å². The molecule has 0 radical (unpaired) electrons. The van der Waals surface area contributed by atoms with E-state index >= 15 is 0 Å². The zero-order chi connectivity index (χ0) is 14.8. The van der Waals surface area contributed by atoms with Crippen LogP contribution in [0.5, 0.6) is 0 Å². The second-order valence-electron chi connectivity index (χ2n) is 9.00. The minimum atomic E-state index is -0.187. The zero-order valence-corrected chi connectivity index (χ0v) is 13.4. The topological polar surface area (TPSA) is 64.9 Å². The van der Waals surface area contributed by atoms with Gasteiger partial charge < -0.3 is 10.3 Å². The Morgan fingerprint density at radius 2 is 1.62 bits per heavy atom. The highest BCUT2D eigenvalue weighted by molar-refractivity contribution is 5.17. The molecule has 4 saturated carbocycles. The van der Waals surface area contributed by atoms with Gasteiger partial charge in [-0.1, -0.05) is 25.9 Å². The molecule has 4 bridgehead atoms. The maximum atomic E-state index is 6.28. The molecule has 5 rings (SSSR count). The van der Waals surface area contributed by atoms with E-state index in [0.717, 1.165) is 23.6 Å². The molecule has 116 valence electrons. The number of aromatic nitrogens is 2. The van der Waals surface area contributed by atoms with Gasteiger partial charge in [0.05, 0.1) is 6.04 Å². The normalized spacial score (nSPS) is 39.7. The van der Waals surface area contributed by atoms with E-state index in [4.69, 9.17) is 15.2 Å². The van der Waals surface area contributed by atoms with Crippen molar-refractivity contribution in [2.75, 3.05) is 0 Å². The molecular weight excluding hydrogens is 262 g/mol. The molecule has 1 aromatic heterocycles. The van der Waals surface area contributed by atoms with E-state index in [-0.39, 0.29) is 16.9 Å². The molecule has 1 aromatic rings. The molecule has 1 heterocycles. The third-order valence-electron chi connectivity index (χ3n) is 6.15. The highest BCUT2D eigenvalue weighted by Gasteiger charge is 2.54. The molecule has 4 fully saturated rings. The summed E-state index contributed by atoms with van der Waals surface area (Å²) in [6.07, 6.45) is 8.11. The lowest BCUT2D eigenvalue weighted by molar-refractivity contribution is -0.0103. The van der Waals surface area contributed by atoms with Crippen LogP contribution in [0, 0.1) is 23.2 Å². The van der Waals surface area contributed by atoms with Crippen LogP contribution in [0.3, 0.4) is 0 Å². The maximum absolute atomic E-state index is 6.28. The number of hydrogen-bond donors (Lipinski definition) is 1. The first kappa shape index (κ1) is 13.7. The predicted octanol–water partition coefficient (Wildman–Crippen LogP) is 3.58. The molecule has 4 nitrogen and oxygen atoms in total. The molecule has 4 aliphatic rings. The molecule has 1 atom stereocenters. The smallest absolute Gasteiger partial charge is 0.244 e. The third kappa shape index (κ3) is 2.14. The fourth-order valence-corrected chi connectivity index (χ4v) is 5.33. The van der Waals surface area contributed by atoms with E-state index in [0.29, 0.717) is 5.89 Å². The molecule has 21 heavy (non-hydrogen) atoms. The molecule has 0 spiro atoms. The number of rotatable bonds is 2. The molecule has 4 heteroatoms. The van der Waals surface area contributed by atoms with Crippen molar-refractivity contribution in [3.63, 3.8) is 0 Å². The summed E-state index contributed by atoms with van der Waals surface area (Å²) >= 11 is 0. The van der Waals surface area contributed by atoms with Crippen molar-refractivity contribution in [3.8, 4) is 0 Å². The van der Waals surface area contributed by atoms with E-state index in [1.165, 1.54) is 38.5 Å². The Morgan fingerprint density at radius 3 is 2.10 bits per heavy atom. The first-order valence-corrected chi connectivity index (χ1v) is 8.45. The molecule has 0 aliphatic heterocycles. The summed E-state index contributed by atoms with van der Waals surface area (Å²) in [6, 6.07) is -0.187. The van der Waals surface area contributed by atoms with Gasteiger partial charge in [0.1, 0.15) is 0 Å². The van der Waals surface area contributed by atoms with Crippen LogP contribution in [0.2, 0.25) is 0 Å². The summed E-state index contributed by atoms with van der Waals surface area (Å²) in [6.45, 7) is 6.35. The molecule has 4 aliphatic carbocycles. The molecule has 0 unspecified atom stereocenters. The van der Waals surface area contributed by atoms with Crippen molar-refractivity contribution in [2.24, 2.45) is 28.9 Å². The Hall–Kier alpha value is -0.900. The summed E-state index contributed by atoms with van der Waals surface area (Å²) in [5.74, 6) is 4.27. The Kier molecular flexibility index (Phi) is 2.82. The second-order valence-corrected chi connectivity index (χ2v) is 9.00. The van der Waals surface area contributed by atoms with E-state index in [1.54, 1.807) is 0 Å². The molecule has 0 amide bonds. The van der Waals surface area contributed by atoms with Crippen molar-refractivity contribution in [1.29, 1.82) is 0 Å². The SMILES string of the molecule is CC(C)(C)[C@@H](N)c1nc(C23CC4CC(CC(C4)C2)C3)no1. The average Bonchev–Trinajstić information content (AvgIpc) is 2.85. The van der Waals surface area contributed by atoms with Crippen molar-refractivity contribution in [2.45, 2.75) is 70.8 Å². The summed E-state index contributed by atoms with van der Waals surface area (Å²) in [5.41, 5.74) is 6.43. The number of hydrogen-bond acceptors (Lipinski definition) is 4. The number of nitrogens with zero attached hydrogens (tertiary/aromatic N) is 2. The van der Waals surface area contributed by atoms with Crippen LogP contribution in [0.15, 0.2) is 4.52 Å². The van der Waals surface area contributed by atoms with Gasteiger partial charge in [-0.15, -0.1) is 0 Å². The van der Waals surface area contributed by atoms with Crippen molar-refractivity contribution in [1.82, 2.24) is 10.1 Å². The van der Waals surface area contributed by atoms with Crippen LogP contribution in [0.1, 0.15) is 77.1 Å². The lowest BCUT2D eigenvalue weighted by Gasteiger charge is -2.55. The van der Waals surface area contributed by atoms with Gasteiger partial charge in [0.15, 0.2) is 5.82 Å². The minimum absolute atomic E-state index is 0.0503. The summed E-state index contributed by atoms with van der Waals surface area (Å²) in [7, 11) is 0. The van der Waals surface area contributed by atoms with E-state index in [1.807, 2.05) is 0 Å². The third-order valence-corrected chi connectivity index (χ3v) is 6.15. The Bertz CT molecular complexity index is 507. The summed E-state index contributed by atoms with van der Waals surface area (Å²) < 4.78 is 5.56. The minimum Gasteiger partial charge on any atom is -0.338 e. The van der Waals surface area contributed by atoms with Crippen LogP contribution in [0.4, 0.5) is 0 Å². The quantitative estimate of drug-likeness (QED) is 0.903. The van der Waals surface area contributed by atoms with Gasteiger partial charge in [-0.05, 0) is 61.7 Å². The highest BCUT2D eigenvalue weighted by atomic mass is 16.5. The molecular formula is C17H27N3O. The monoisotopic (exact) mass is 289 g/mol. The van der Waals surface area contributed by atoms with Gasteiger partial charge in [-0.3, -0.25) is 0 Å². The summed E-state index contributed by atoms with van der Waals surface area (Å²) in [5, 5.41) is 4.37. The Labute approximate surface area is 126 Å². The van der Waals surface area contributed by atoms with Crippen LogP contribution in [-0.2, 0) is 5.41 Å². The zero-order valence-electron chi connectivity index (χ0n) is 13.4. The van der Waals surface area contributed by atoms with Gasteiger partial charge in [-0.25, -0.2) is 0 Å². The largest absolute Gasteiger partial charge is 0.338 e. The van der Waals surface area contributed by atoms with Crippen LogP contribution < -0.4 is 5.73 Å². The van der Waals surface area contributed by atoms with Crippen molar-refractivity contribution < 1.29 is 4.52 Å². The van der Waals surface area contributed by atoms with Gasteiger partial charge in [0.2, 0.25) is 5.89 Å². The van der Waals surface area contributed by atoms with Crippen molar-refractivity contribution >= 4 is 0 Å². The van der Waals surface area contributed by atoms with Crippen LogP contribution in [-0.4, -0.2) is 10.1 Å². The highest BCUT2D eigenvalue weighted by Crippen LogP contribution is 2.60. The van der Waals surface area contributed by atoms with Gasteiger partial charge in [0.25, 0.3) is 0 Å². The van der Waals surface area contributed by atoms with Gasteiger partial charge in [-0.2, -0.15) is 4.98 Å². The Morgan fingerprint density at radius 1 is 1.10 bits per heavy atom. The lowest BCUT2D eigenvalue weighted by atomic mass is 9.49. The summed E-state index contributed by atoms with van der Waals surface area (Å²) in [4.78, 5) is 4.76. The number of nitrogens with two attached hydrogens (primary N) is 1. The second kappa shape index (κ2) is 4.31. The first-order chi connectivity index (χ1) is 9.86. The first-order valence-electron chi connectivity index (χ1n) is 8.45. The predicted molar refractivity (Wildman–Crippen MR) is 80.5 cm³/mol.